The van der Waals surface area contributed by atoms with Crippen molar-refractivity contribution in [2.75, 3.05) is 13.2 Å². The van der Waals surface area contributed by atoms with Gasteiger partial charge in [-0.3, -0.25) is 4.79 Å². The molecule has 0 aliphatic carbocycles. The van der Waals surface area contributed by atoms with Gasteiger partial charge in [0.1, 0.15) is 17.4 Å². The lowest BCUT2D eigenvalue weighted by Crippen LogP contribution is -2.49. The van der Waals surface area contributed by atoms with E-state index in [4.69, 9.17) is 42.8 Å². The molecule has 2 atom stereocenters. The minimum atomic E-state index is -1.60. The Bertz CT molecular complexity index is 1670. The molecule has 4 aromatic rings. The maximum Gasteiger partial charge on any atom is 0.252 e. The number of hydrogen-bond donors (Lipinski definition) is 2. The highest BCUT2D eigenvalue weighted by Gasteiger charge is 2.54. The number of rotatable bonds is 11. The molecule has 0 aromatic heterocycles. The Morgan fingerprint density at radius 1 is 1.02 bits per heavy atom. The molecule has 0 spiro atoms. The van der Waals surface area contributed by atoms with Gasteiger partial charge in [-0.1, -0.05) is 63.4 Å². The van der Waals surface area contributed by atoms with E-state index in [1.807, 2.05) is 24.3 Å². The maximum absolute atomic E-state index is 14.4. The summed E-state index contributed by atoms with van der Waals surface area (Å²) >= 11 is 16.5. The summed E-state index contributed by atoms with van der Waals surface area (Å²) < 4.78 is 40.8. The fourth-order valence-corrected chi connectivity index (χ4v) is 5.89. The standard InChI is InChI=1S/C33H27BrCl2F2N2O4/c34-28-5-2-1-4-22(28)18-33(32(42)39-19-20-14-24(37)17-25(38)15-20)30(27-11-8-23(35)16-29(27)36)44-31(40-33)21-6-9-26(10-7-21)43-13-3-12-41/h1-2,4-11,14-17,30,41H,3,12-13,18-19H2,(H,39,42)/t30-,33-/m1/s1. The normalized spacial score (nSPS) is 17.6. The van der Waals surface area contributed by atoms with Gasteiger partial charge in [0.15, 0.2) is 11.6 Å². The lowest BCUT2D eigenvalue weighted by Gasteiger charge is -2.31. The van der Waals surface area contributed by atoms with Crippen LogP contribution in [-0.2, 0) is 22.5 Å². The monoisotopic (exact) mass is 702 g/mol. The van der Waals surface area contributed by atoms with Gasteiger partial charge in [-0.05, 0) is 65.7 Å². The van der Waals surface area contributed by atoms with Gasteiger partial charge >= 0.3 is 0 Å². The first kappa shape index (κ1) is 31.9. The van der Waals surface area contributed by atoms with Crippen molar-refractivity contribution < 1.29 is 28.2 Å². The van der Waals surface area contributed by atoms with E-state index in [1.54, 1.807) is 42.5 Å². The summed E-state index contributed by atoms with van der Waals surface area (Å²) in [7, 11) is 0. The van der Waals surface area contributed by atoms with Gasteiger partial charge in [0.25, 0.3) is 5.91 Å². The van der Waals surface area contributed by atoms with E-state index in [0.29, 0.717) is 34.9 Å². The molecular formula is C33H27BrCl2F2N2O4. The summed E-state index contributed by atoms with van der Waals surface area (Å²) in [4.78, 5) is 19.3. The molecule has 44 heavy (non-hydrogen) atoms. The number of ether oxygens (including phenoxy) is 2. The zero-order valence-corrected chi connectivity index (χ0v) is 26.3. The predicted octanol–water partition coefficient (Wildman–Crippen LogP) is 7.61. The van der Waals surface area contributed by atoms with Crippen molar-refractivity contribution in [3.63, 3.8) is 0 Å². The molecule has 2 N–H and O–H groups in total. The van der Waals surface area contributed by atoms with Crippen LogP contribution in [-0.4, -0.2) is 35.7 Å². The van der Waals surface area contributed by atoms with Crippen LogP contribution < -0.4 is 10.1 Å². The quantitative estimate of drug-likeness (QED) is 0.158. The van der Waals surface area contributed by atoms with Crippen LogP contribution in [0.25, 0.3) is 0 Å². The smallest absolute Gasteiger partial charge is 0.252 e. The molecule has 1 aliphatic rings. The molecule has 1 heterocycles. The predicted molar refractivity (Wildman–Crippen MR) is 169 cm³/mol. The van der Waals surface area contributed by atoms with Gasteiger partial charge in [-0.15, -0.1) is 0 Å². The van der Waals surface area contributed by atoms with E-state index in [9.17, 15) is 13.6 Å². The molecule has 1 aliphatic heterocycles. The van der Waals surface area contributed by atoms with Crippen molar-refractivity contribution in [3.8, 4) is 5.75 Å². The number of carbonyl (C=O) groups excluding carboxylic acids is 1. The molecule has 6 nitrogen and oxygen atoms in total. The third-order valence-corrected chi connectivity index (χ3v) is 8.40. The molecule has 5 rings (SSSR count). The summed E-state index contributed by atoms with van der Waals surface area (Å²) in [5, 5.41) is 12.6. The zero-order valence-electron chi connectivity index (χ0n) is 23.2. The van der Waals surface area contributed by atoms with Crippen molar-refractivity contribution in [2.45, 2.75) is 31.0 Å². The molecule has 228 valence electrons. The van der Waals surface area contributed by atoms with Crippen LogP contribution in [0, 0.1) is 11.6 Å². The molecule has 0 unspecified atom stereocenters. The number of amides is 1. The molecule has 0 radical (unpaired) electrons. The van der Waals surface area contributed by atoms with Crippen LogP contribution >= 0.6 is 39.1 Å². The molecule has 11 heteroatoms. The third-order valence-electron chi connectivity index (χ3n) is 7.07. The van der Waals surface area contributed by atoms with Crippen molar-refractivity contribution in [2.24, 2.45) is 4.99 Å². The van der Waals surface area contributed by atoms with Crippen molar-refractivity contribution in [1.29, 1.82) is 0 Å². The molecule has 1 amide bonds. The van der Waals surface area contributed by atoms with Crippen molar-refractivity contribution in [3.05, 3.63) is 133 Å². The average Bonchev–Trinajstić information content (AvgIpc) is 3.37. The van der Waals surface area contributed by atoms with Crippen molar-refractivity contribution in [1.82, 2.24) is 5.32 Å². The number of carbonyl (C=O) groups is 1. The van der Waals surface area contributed by atoms with Gasteiger partial charge in [-0.2, -0.15) is 0 Å². The number of nitrogens with zero attached hydrogens (tertiary/aromatic N) is 1. The van der Waals surface area contributed by atoms with Crippen LogP contribution in [0.1, 0.15) is 34.8 Å². The number of halogens is 5. The summed E-state index contributed by atoms with van der Waals surface area (Å²) in [5.74, 6) is -1.25. The topological polar surface area (TPSA) is 80.2 Å². The Kier molecular flexibility index (Phi) is 10.2. The highest BCUT2D eigenvalue weighted by atomic mass is 79.9. The van der Waals surface area contributed by atoms with Crippen LogP contribution in [0.4, 0.5) is 8.78 Å². The maximum atomic E-state index is 14.4. The van der Waals surface area contributed by atoms with Crippen LogP contribution in [0.3, 0.4) is 0 Å². The van der Waals surface area contributed by atoms with Gasteiger partial charge in [0, 0.05) is 57.7 Å². The Morgan fingerprint density at radius 3 is 2.43 bits per heavy atom. The van der Waals surface area contributed by atoms with E-state index in [1.165, 1.54) is 0 Å². The van der Waals surface area contributed by atoms with Crippen LogP contribution in [0.2, 0.25) is 10.0 Å². The first-order valence-corrected chi connectivity index (χ1v) is 15.3. The summed E-state index contributed by atoms with van der Waals surface area (Å²) in [5.41, 5.74) is 0.490. The Morgan fingerprint density at radius 2 is 1.75 bits per heavy atom. The number of hydrogen-bond acceptors (Lipinski definition) is 5. The second-order valence-corrected chi connectivity index (χ2v) is 11.9. The summed E-state index contributed by atoms with van der Waals surface area (Å²) in [6.07, 6.45) is -0.414. The first-order valence-electron chi connectivity index (χ1n) is 13.7. The van der Waals surface area contributed by atoms with Gasteiger partial charge in [0.2, 0.25) is 5.90 Å². The SMILES string of the molecule is O=C(NCc1cc(F)cc(F)c1)[C@]1(Cc2ccccc2Br)N=C(c2ccc(OCCCO)cc2)O[C@@H]1c1ccc(Cl)cc1Cl. The largest absolute Gasteiger partial charge is 0.494 e. The number of aliphatic imine (C=N–C) groups is 1. The van der Waals surface area contributed by atoms with E-state index >= 15 is 0 Å². The lowest BCUT2D eigenvalue weighted by atomic mass is 9.82. The Labute approximate surface area is 271 Å². The molecule has 0 saturated heterocycles. The fourth-order valence-electron chi connectivity index (χ4n) is 4.95. The number of aliphatic hydroxyl groups excluding tert-OH is 1. The minimum absolute atomic E-state index is 0.0210. The molecule has 0 saturated carbocycles. The second kappa shape index (κ2) is 14.1. The van der Waals surface area contributed by atoms with E-state index in [0.717, 1.165) is 28.2 Å². The van der Waals surface area contributed by atoms with Crippen molar-refractivity contribution >= 4 is 50.9 Å². The van der Waals surface area contributed by atoms with E-state index < -0.39 is 29.2 Å². The first-order chi connectivity index (χ1) is 21.2. The number of nitrogens with one attached hydrogen (secondary N) is 1. The summed E-state index contributed by atoms with van der Waals surface area (Å²) in [6, 6.07) is 22.4. The van der Waals surface area contributed by atoms with E-state index in [-0.39, 0.29) is 36.1 Å². The molecule has 0 bridgehead atoms. The zero-order chi connectivity index (χ0) is 31.3. The highest BCUT2D eigenvalue weighted by molar-refractivity contribution is 9.10. The van der Waals surface area contributed by atoms with Gasteiger partial charge in [-0.25, -0.2) is 13.8 Å². The van der Waals surface area contributed by atoms with Crippen LogP contribution in [0.5, 0.6) is 5.75 Å². The third kappa shape index (κ3) is 7.24. The Balaban J connectivity index is 1.59. The van der Waals surface area contributed by atoms with E-state index in [2.05, 4.69) is 21.2 Å². The molecule has 4 aromatic carbocycles. The lowest BCUT2D eigenvalue weighted by molar-refractivity contribution is -0.129. The van der Waals surface area contributed by atoms with Gasteiger partial charge in [0.05, 0.1) is 6.61 Å². The summed E-state index contributed by atoms with van der Waals surface area (Å²) in [6.45, 7) is 0.221. The second-order valence-electron chi connectivity index (χ2n) is 10.2. The molecular weight excluding hydrogens is 677 g/mol. The van der Waals surface area contributed by atoms with Crippen LogP contribution in [0.15, 0.2) is 94.4 Å². The number of benzene rings is 4. The number of aliphatic hydroxyl groups is 1. The molecule has 0 fully saturated rings. The fraction of sp³-hybridized carbons (Fsp3) is 0.212. The highest BCUT2D eigenvalue weighted by Crippen LogP contribution is 2.45. The average molecular weight is 704 g/mol. The minimum Gasteiger partial charge on any atom is -0.494 e. The Hall–Kier alpha value is -3.50. The van der Waals surface area contributed by atoms with Gasteiger partial charge < -0.3 is 19.9 Å².